The maximum absolute atomic E-state index is 11.9. The van der Waals surface area contributed by atoms with Crippen LogP contribution in [0.2, 0.25) is 0 Å². The molecule has 1 aromatic carbocycles. The Balaban J connectivity index is 1.67. The van der Waals surface area contributed by atoms with E-state index in [-0.39, 0.29) is 24.3 Å². The van der Waals surface area contributed by atoms with E-state index < -0.39 is 0 Å². The monoisotopic (exact) mass is 311 g/mol. The average molecular weight is 311 g/mol. The number of pyridine rings is 1. The van der Waals surface area contributed by atoms with E-state index in [4.69, 9.17) is 0 Å². The highest BCUT2D eigenvalue weighted by atomic mass is 16.2. The second-order valence-corrected chi connectivity index (χ2v) is 5.31. The third-order valence-electron chi connectivity index (χ3n) is 3.39. The molecular weight excluding hydrogens is 290 g/mol. The van der Waals surface area contributed by atoms with Gasteiger partial charge in [-0.2, -0.15) is 0 Å². The van der Waals surface area contributed by atoms with E-state index in [1.54, 1.807) is 6.20 Å². The van der Waals surface area contributed by atoms with Gasteiger partial charge in [-0.15, -0.1) is 0 Å². The zero-order valence-corrected chi connectivity index (χ0v) is 13.2. The van der Waals surface area contributed by atoms with E-state index in [2.05, 4.69) is 15.6 Å². The van der Waals surface area contributed by atoms with E-state index in [0.717, 1.165) is 11.3 Å². The number of benzene rings is 1. The number of hydrogen-bond donors (Lipinski definition) is 2. The first kappa shape index (κ1) is 16.7. The fourth-order valence-electron chi connectivity index (χ4n) is 2.18. The lowest BCUT2D eigenvalue weighted by Gasteiger charge is -2.13. The molecule has 120 valence electrons. The first-order valence-corrected chi connectivity index (χ1v) is 7.66. The van der Waals surface area contributed by atoms with Crippen molar-refractivity contribution in [3.05, 3.63) is 66.0 Å². The molecule has 0 aliphatic heterocycles. The van der Waals surface area contributed by atoms with Gasteiger partial charge in [0.15, 0.2) is 0 Å². The smallest absolute Gasteiger partial charge is 0.224 e. The van der Waals surface area contributed by atoms with Crippen molar-refractivity contribution in [1.82, 2.24) is 15.6 Å². The first-order chi connectivity index (χ1) is 11.1. The minimum absolute atomic E-state index is 0.0817. The molecule has 2 N–H and O–H groups in total. The molecule has 0 aliphatic carbocycles. The Bertz CT molecular complexity index is 629. The van der Waals surface area contributed by atoms with E-state index in [1.165, 1.54) is 0 Å². The molecule has 0 saturated carbocycles. The molecule has 2 rings (SSSR count). The van der Waals surface area contributed by atoms with Crippen LogP contribution < -0.4 is 10.6 Å². The van der Waals surface area contributed by atoms with Gasteiger partial charge < -0.3 is 10.6 Å². The molecule has 0 fully saturated rings. The Morgan fingerprint density at radius 3 is 2.48 bits per heavy atom. The van der Waals surface area contributed by atoms with Gasteiger partial charge >= 0.3 is 0 Å². The van der Waals surface area contributed by atoms with E-state index in [0.29, 0.717) is 13.0 Å². The normalized spacial score (nSPS) is 11.5. The Morgan fingerprint density at radius 1 is 1.04 bits per heavy atom. The molecule has 0 radical (unpaired) electrons. The van der Waals surface area contributed by atoms with Gasteiger partial charge in [0, 0.05) is 19.2 Å². The largest absolute Gasteiger partial charge is 0.355 e. The van der Waals surface area contributed by atoms with Crippen LogP contribution in [-0.2, 0) is 16.0 Å². The zero-order chi connectivity index (χ0) is 16.5. The minimum Gasteiger partial charge on any atom is -0.355 e. The van der Waals surface area contributed by atoms with Crippen molar-refractivity contribution in [3.63, 3.8) is 0 Å². The summed E-state index contributed by atoms with van der Waals surface area (Å²) in [4.78, 5) is 27.9. The second kappa shape index (κ2) is 8.68. The highest BCUT2D eigenvalue weighted by Crippen LogP contribution is 2.07. The highest BCUT2D eigenvalue weighted by molar-refractivity contribution is 5.80. The van der Waals surface area contributed by atoms with Gasteiger partial charge in [0.2, 0.25) is 11.8 Å². The molecule has 2 amide bonds. The summed E-state index contributed by atoms with van der Waals surface area (Å²) in [6.45, 7) is 2.21. The van der Waals surface area contributed by atoms with Crippen molar-refractivity contribution in [2.45, 2.75) is 25.8 Å². The molecule has 1 aromatic heterocycles. The van der Waals surface area contributed by atoms with Crippen molar-refractivity contribution in [2.75, 3.05) is 6.54 Å². The van der Waals surface area contributed by atoms with Crippen molar-refractivity contribution >= 4 is 11.8 Å². The van der Waals surface area contributed by atoms with Crippen LogP contribution in [0.1, 0.15) is 30.6 Å². The summed E-state index contributed by atoms with van der Waals surface area (Å²) in [5, 5.41) is 5.63. The van der Waals surface area contributed by atoms with Crippen LogP contribution in [0.3, 0.4) is 0 Å². The number of amides is 2. The number of carbonyl (C=O) groups is 2. The van der Waals surface area contributed by atoms with Crippen LogP contribution in [-0.4, -0.2) is 23.3 Å². The quantitative estimate of drug-likeness (QED) is 0.821. The van der Waals surface area contributed by atoms with Crippen LogP contribution in [0, 0.1) is 0 Å². The average Bonchev–Trinajstić information content (AvgIpc) is 2.56. The number of rotatable bonds is 7. The van der Waals surface area contributed by atoms with Gasteiger partial charge in [-0.3, -0.25) is 14.6 Å². The van der Waals surface area contributed by atoms with Gasteiger partial charge in [-0.05, 0) is 24.6 Å². The molecule has 5 heteroatoms. The summed E-state index contributed by atoms with van der Waals surface area (Å²) in [5.41, 5.74) is 1.77. The molecule has 0 unspecified atom stereocenters. The molecule has 1 atom stereocenters. The molecule has 1 heterocycles. The van der Waals surface area contributed by atoms with Gasteiger partial charge in [0.05, 0.1) is 18.2 Å². The third kappa shape index (κ3) is 5.90. The topological polar surface area (TPSA) is 71.1 Å². The minimum atomic E-state index is -0.149. The summed E-state index contributed by atoms with van der Waals surface area (Å²) in [5.74, 6) is -0.190. The lowest BCUT2D eigenvalue weighted by molar-refractivity contribution is -0.122. The maximum Gasteiger partial charge on any atom is 0.224 e. The SMILES string of the molecule is C[C@H](NC(=O)CCNC(=O)Cc1ccccc1)c1ccccn1. The number of nitrogens with zero attached hydrogens (tertiary/aromatic N) is 1. The summed E-state index contributed by atoms with van der Waals surface area (Å²) in [7, 11) is 0. The molecule has 0 saturated heterocycles. The predicted molar refractivity (Wildman–Crippen MR) is 88.6 cm³/mol. The Kier molecular flexibility index (Phi) is 6.29. The summed E-state index contributed by atoms with van der Waals surface area (Å²) in [6.07, 6.45) is 2.27. The number of aromatic nitrogens is 1. The highest BCUT2D eigenvalue weighted by Gasteiger charge is 2.10. The standard InChI is InChI=1S/C18H21N3O2/c1-14(16-9-5-6-11-19-16)21-17(22)10-12-20-18(23)13-15-7-3-2-4-8-15/h2-9,11,14H,10,12-13H2,1H3,(H,20,23)(H,21,22)/t14-/m0/s1. The van der Waals surface area contributed by atoms with Crippen LogP contribution in [0.5, 0.6) is 0 Å². The number of carbonyl (C=O) groups excluding carboxylic acids is 2. The van der Waals surface area contributed by atoms with Crippen LogP contribution in [0.4, 0.5) is 0 Å². The Morgan fingerprint density at radius 2 is 1.78 bits per heavy atom. The van der Waals surface area contributed by atoms with Gasteiger partial charge in [-0.25, -0.2) is 0 Å². The summed E-state index contributed by atoms with van der Waals surface area (Å²) in [6, 6.07) is 14.9. The molecule has 0 bridgehead atoms. The molecule has 5 nitrogen and oxygen atoms in total. The van der Waals surface area contributed by atoms with E-state index in [1.807, 2.05) is 55.5 Å². The molecule has 0 spiro atoms. The second-order valence-electron chi connectivity index (χ2n) is 5.31. The third-order valence-corrected chi connectivity index (χ3v) is 3.39. The zero-order valence-electron chi connectivity index (χ0n) is 13.2. The lowest BCUT2D eigenvalue weighted by atomic mass is 10.1. The first-order valence-electron chi connectivity index (χ1n) is 7.66. The number of hydrogen-bond acceptors (Lipinski definition) is 3. The fraction of sp³-hybridized carbons (Fsp3) is 0.278. The van der Waals surface area contributed by atoms with Crippen molar-refractivity contribution in [3.8, 4) is 0 Å². The van der Waals surface area contributed by atoms with Crippen molar-refractivity contribution in [1.29, 1.82) is 0 Å². The van der Waals surface area contributed by atoms with Gasteiger partial charge in [0.25, 0.3) is 0 Å². The van der Waals surface area contributed by atoms with Gasteiger partial charge in [-0.1, -0.05) is 36.4 Å². The predicted octanol–water partition coefficient (Wildman–Crippen LogP) is 2.01. The van der Waals surface area contributed by atoms with E-state index >= 15 is 0 Å². The molecular formula is C18H21N3O2. The number of nitrogens with one attached hydrogen (secondary N) is 2. The van der Waals surface area contributed by atoms with Crippen LogP contribution in [0.15, 0.2) is 54.7 Å². The Hall–Kier alpha value is -2.69. The fourth-order valence-corrected chi connectivity index (χ4v) is 2.18. The van der Waals surface area contributed by atoms with E-state index in [9.17, 15) is 9.59 Å². The maximum atomic E-state index is 11.9. The lowest BCUT2D eigenvalue weighted by Crippen LogP contribution is -2.32. The molecule has 2 aromatic rings. The van der Waals surface area contributed by atoms with Gasteiger partial charge in [0.1, 0.15) is 0 Å². The van der Waals surface area contributed by atoms with Crippen LogP contribution in [0.25, 0.3) is 0 Å². The molecule has 23 heavy (non-hydrogen) atoms. The van der Waals surface area contributed by atoms with Crippen LogP contribution >= 0.6 is 0 Å². The molecule has 0 aliphatic rings. The summed E-state index contributed by atoms with van der Waals surface area (Å²) >= 11 is 0. The van der Waals surface area contributed by atoms with Crippen molar-refractivity contribution in [2.24, 2.45) is 0 Å². The van der Waals surface area contributed by atoms with Crippen molar-refractivity contribution < 1.29 is 9.59 Å². The summed E-state index contributed by atoms with van der Waals surface area (Å²) < 4.78 is 0. The Labute approximate surface area is 136 Å².